The molecule has 1 aliphatic rings. The Balaban J connectivity index is 1.86. The van der Waals surface area contributed by atoms with Gasteiger partial charge in [0.1, 0.15) is 6.61 Å². The second-order valence-corrected chi connectivity index (χ2v) is 7.28. The van der Waals surface area contributed by atoms with Crippen molar-refractivity contribution in [2.75, 3.05) is 33.4 Å². The normalized spacial score (nSPS) is 14.3. The summed E-state index contributed by atoms with van der Waals surface area (Å²) < 4.78 is 11.5. The first-order valence-corrected chi connectivity index (χ1v) is 9.04. The lowest BCUT2D eigenvalue weighted by Gasteiger charge is -2.19. The average molecular weight is 361 g/mol. The third kappa shape index (κ3) is 4.24. The Bertz CT molecular complexity index is 760. The number of benzene rings is 1. The summed E-state index contributed by atoms with van der Waals surface area (Å²) in [5.74, 6) is 1.57. The van der Waals surface area contributed by atoms with Gasteiger partial charge in [-0.15, -0.1) is 11.3 Å². The number of amides is 2. The maximum absolute atomic E-state index is 10.8. The van der Waals surface area contributed by atoms with Crippen LogP contribution in [-0.4, -0.2) is 44.3 Å². The van der Waals surface area contributed by atoms with Gasteiger partial charge in [0.2, 0.25) is 0 Å². The van der Waals surface area contributed by atoms with Gasteiger partial charge in [0.25, 0.3) is 0 Å². The van der Waals surface area contributed by atoms with E-state index < -0.39 is 6.03 Å². The van der Waals surface area contributed by atoms with E-state index in [2.05, 4.69) is 35.3 Å². The van der Waals surface area contributed by atoms with Crippen LogP contribution in [0, 0.1) is 6.92 Å². The summed E-state index contributed by atoms with van der Waals surface area (Å²) >= 11 is 1.76. The molecule has 6 nitrogen and oxygen atoms in total. The number of rotatable bonds is 5. The van der Waals surface area contributed by atoms with Gasteiger partial charge in [-0.05, 0) is 36.8 Å². The number of hydrogen-bond donors (Lipinski definition) is 2. The largest absolute Gasteiger partial charge is 0.493 e. The smallest absolute Gasteiger partial charge is 0.312 e. The molecule has 0 radical (unpaired) electrons. The number of thiophene rings is 1. The summed E-state index contributed by atoms with van der Waals surface area (Å²) in [6.07, 6.45) is 0. The minimum absolute atomic E-state index is 0.497. The van der Waals surface area contributed by atoms with Gasteiger partial charge in [-0.2, -0.15) is 0 Å². The Labute approximate surface area is 151 Å². The molecule has 1 aliphatic heterocycles. The second kappa shape index (κ2) is 7.76. The quantitative estimate of drug-likeness (QED) is 0.858. The monoisotopic (exact) mass is 361 g/mol. The summed E-state index contributed by atoms with van der Waals surface area (Å²) in [4.78, 5) is 15.6. The maximum Gasteiger partial charge on any atom is 0.312 e. The maximum atomic E-state index is 10.8. The van der Waals surface area contributed by atoms with Gasteiger partial charge in [-0.25, -0.2) is 4.79 Å². The molecule has 3 N–H and O–H groups in total. The molecule has 134 valence electrons. The molecular weight excluding hydrogens is 338 g/mol. The number of carbonyl (C=O) groups excluding carboxylic acids is 1. The number of nitrogens with zero attached hydrogens (tertiary/aromatic N) is 1. The number of nitrogens with one attached hydrogen (secondary N) is 1. The van der Waals surface area contributed by atoms with E-state index in [9.17, 15) is 4.79 Å². The number of fused-ring (bicyclic) bond motifs is 1. The Hall–Kier alpha value is -2.25. The summed E-state index contributed by atoms with van der Waals surface area (Å²) in [5, 5.41) is 2.63. The summed E-state index contributed by atoms with van der Waals surface area (Å²) in [5.41, 5.74) is 7.36. The van der Waals surface area contributed by atoms with Crippen LogP contribution in [0.1, 0.15) is 10.4 Å². The van der Waals surface area contributed by atoms with E-state index in [0.29, 0.717) is 13.2 Å². The van der Waals surface area contributed by atoms with Gasteiger partial charge >= 0.3 is 6.03 Å². The minimum atomic E-state index is -0.497. The molecule has 0 aliphatic carbocycles. The van der Waals surface area contributed by atoms with Crippen LogP contribution in [0.5, 0.6) is 11.5 Å². The first-order chi connectivity index (χ1) is 12.1. The number of hydrogen-bond acceptors (Lipinski definition) is 5. The molecule has 0 saturated heterocycles. The van der Waals surface area contributed by atoms with Crippen LogP contribution in [0.2, 0.25) is 0 Å². The standard InChI is InChI=1S/C18H23N3O3S/c1-12-3-4-16(25-12)13-9-14-11-21(6-5-20-18(19)22)7-8-24-17(14)15(10-13)23-2/h3-4,9-10H,5-8,11H2,1-2H3,(H3,19,20,22). The number of nitrogens with two attached hydrogens (primary N) is 1. The molecule has 1 aromatic heterocycles. The predicted molar refractivity (Wildman–Crippen MR) is 99.4 cm³/mol. The van der Waals surface area contributed by atoms with Crippen LogP contribution in [0.15, 0.2) is 24.3 Å². The van der Waals surface area contributed by atoms with Crippen LogP contribution in [0.4, 0.5) is 4.79 Å². The van der Waals surface area contributed by atoms with Crippen molar-refractivity contribution in [3.63, 3.8) is 0 Å². The molecule has 3 rings (SSSR count). The summed E-state index contributed by atoms with van der Waals surface area (Å²) in [6, 6.07) is 7.96. The first kappa shape index (κ1) is 17.6. The van der Waals surface area contributed by atoms with Crippen LogP contribution >= 0.6 is 11.3 Å². The molecule has 7 heteroatoms. The molecule has 2 heterocycles. The van der Waals surface area contributed by atoms with E-state index in [0.717, 1.165) is 42.3 Å². The van der Waals surface area contributed by atoms with E-state index in [1.165, 1.54) is 9.75 Å². The number of methoxy groups -OCH3 is 1. The highest BCUT2D eigenvalue weighted by atomic mass is 32.1. The minimum Gasteiger partial charge on any atom is -0.493 e. The van der Waals surface area contributed by atoms with Crippen molar-refractivity contribution in [3.8, 4) is 21.9 Å². The molecule has 1 aromatic carbocycles. The Morgan fingerprint density at radius 3 is 2.96 bits per heavy atom. The van der Waals surface area contributed by atoms with E-state index in [1.807, 2.05) is 6.07 Å². The second-order valence-electron chi connectivity index (χ2n) is 5.99. The lowest BCUT2D eigenvalue weighted by Crippen LogP contribution is -2.37. The Morgan fingerprint density at radius 2 is 2.28 bits per heavy atom. The fourth-order valence-corrected chi connectivity index (χ4v) is 3.80. The highest BCUT2D eigenvalue weighted by molar-refractivity contribution is 7.15. The third-order valence-corrected chi connectivity index (χ3v) is 5.20. The zero-order valence-electron chi connectivity index (χ0n) is 14.5. The molecule has 0 fully saturated rings. The van der Waals surface area contributed by atoms with Crippen molar-refractivity contribution in [1.82, 2.24) is 10.2 Å². The first-order valence-electron chi connectivity index (χ1n) is 8.23. The van der Waals surface area contributed by atoms with Crippen molar-refractivity contribution >= 4 is 17.4 Å². The van der Waals surface area contributed by atoms with Crippen LogP contribution in [0.25, 0.3) is 10.4 Å². The van der Waals surface area contributed by atoms with Crippen LogP contribution in [0.3, 0.4) is 0 Å². The van der Waals surface area contributed by atoms with Crippen LogP contribution < -0.4 is 20.5 Å². The topological polar surface area (TPSA) is 76.8 Å². The van der Waals surface area contributed by atoms with Gasteiger partial charge in [0.05, 0.1) is 7.11 Å². The molecule has 0 saturated carbocycles. The van der Waals surface area contributed by atoms with Crippen molar-refractivity contribution in [2.24, 2.45) is 5.73 Å². The van der Waals surface area contributed by atoms with Crippen molar-refractivity contribution in [2.45, 2.75) is 13.5 Å². The van der Waals surface area contributed by atoms with Gasteiger partial charge in [-0.1, -0.05) is 0 Å². The third-order valence-electron chi connectivity index (χ3n) is 4.15. The number of primary amides is 1. The molecule has 25 heavy (non-hydrogen) atoms. The molecule has 0 atom stereocenters. The van der Waals surface area contributed by atoms with E-state index >= 15 is 0 Å². The zero-order valence-corrected chi connectivity index (χ0v) is 15.3. The lowest BCUT2D eigenvalue weighted by molar-refractivity contribution is 0.220. The van der Waals surface area contributed by atoms with Gasteiger partial charge < -0.3 is 20.5 Å². The van der Waals surface area contributed by atoms with Gasteiger partial charge in [0, 0.05) is 41.5 Å². The lowest BCUT2D eigenvalue weighted by atomic mass is 10.1. The van der Waals surface area contributed by atoms with Gasteiger partial charge in [-0.3, -0.25) is 4.90 Å². The number of aryl methyl sites for hydroxylation is 1. The van der Waals surface area contributed by atoms with Crippen molar-refractivity contribution in [1.29, 1.82) is 0 Å². The molecule has 2 aromatic rings. The molecule has 2 amide bonds. The fraction of sp³-hybridized carbons (Fsp3) is 0.389. The van der Waals surface area contributed by atoms with Gasteiger partial charge in [0.15, 0.2) is 11.5 Å². The van der Waals surface area contributed by atoms with E-state index in [-0.39, 0.29) is 0 Å². The average Bonchev–Trinajstić information content (AvgIpc) is 2.90. The Kier molecular flexibility index (Phi) is 5.45. The number of urea groups is 1. The van der Waals surface area contributed by atoms with Crippen molar-refractivity contribution < 1.29 is 14.3 Å². The Morgan fingerprint density at radius 1 is 1.44 bits per heavy atom. The number of carbonyl (C=O) groups is 1. The highest BCUT2D eigenvalue weighted by Crippen LogP contribution is 2.39. The van der Waals surface area contributed by atoms with Crippen LogP contribution in [-0.2, 0) is 6.54 Å². The van der Waals surface area contributed by atoms with E-state index in [1.54, 1.807) is 18.4 Å². The zero-order chi connectivity index (χ0) is 17.8. The summed E-state index contributed by atoms with van der Waals surface area (Å²) in [6.45, 7) is 5.45. The predicted octanol–water partition coefficient (Wildman–Crippen LogP) is 2.59. The molecule has 0 spiro atoms. The fourth-order valence-electron chi connectivity index (χ4n) is 2.95. The molecule has 0 unspecified atom stereocenters. The van der Waals surface area contributed by atoms with E-state index in [4.69, 9.17) is 15.2 Å². The summed E-state index contributed by atoms with van der Waals surface area (Å²) in [7, 11) is 1.67. The highest BCUT2D eigenvalue weighted by Gasteiger charge is 2.20. The number of ether oxygens (including phenoxy) is 2. The van der Waals surface area contributed by atoms with Crippen molar-refractivity contribution in [3.05, 3.63) is 34.7 Å². The SMILES string of the molecule is COc1cc(-c2ccc(C)s2)cc2c1OCCN(CCNC(N)=O)C2. The molecular formula is C18H23N3O3S. The molecule has 0 bridgehead atoms.